The molecule has 1 aromatic carbocycles. The molecular formula is C11H10ClNO2S. The number of benzene rings is 1. The molecule has 84 valence electrons. The van der Waals surface area contributed by atoms with Gasteiger partial charge in [0.1, 0.15) is 0 Å². The predicted molar refractivity (Wildman–Crippen MR) is 65.1 cm³/mol. The molecule has 1 heterocycles. The van der Waals surface area contributed by atoms with Gasteiger partial charge in [0.25, 0.3) is 0 Å². The van der Waals surface area contributed by atoms with Crippen LogP contribution in [0, 0.1) is 0 Å². The third kappa shape index (κ3) is 2.93. The molecule has 0 spiro atoms. The molecule has 0 N–H and O–H groups in total. The predicted octanol–water partition coefficient (Wildman–Crippen LogP) is 2.35. The van der Waals surface area contributed by atoms with Gasteiger partial charge in [-0.1, -0.05) is 18.2 Å². The van der Waals surface area contributed by atoms with Crippen molar-refractivity contribution in [2.75, 3.05) is 5.75 Å². The summed E-state index contributed by atoms with van der Waals surface area (Å²) in [7, 11) is 1.75. The fourth-order valence-corrected chi connectivity index (χ4v) is 2.24. The Morgan fingerprint density at radius 3 is 2.75 bits per heavy atom. The zero-order chi connectivity index (χ0) is 11.6. The average Bonchev–Trinajstić information content (AvgIpc) is 2.25. The van der Waals surface area contributed by atoms with Crippen LogP contribution in [0.15, 0.2) is 36.7 Å². The van der Waals surface area contributed by atoms with Crippen LogP contribution in [0.3, 0.4) is 0 Å². The molecule has 0 saturated carbocycles. The standard InChI is InChI=1S/C11H10ClNO2S/c12-16(14,15)6-4-9-1-2-11-8-13-5-3-10(11)7-9/h1-3,5,7-8H,4,6H2. The maximum Gasteiger partial charge on any atom is 0.232 e. The lowest BCUT2D eigenvalue weighted by Gasteiger charge is -2.01. The van der Waals surface area contributed by atoms with Crippen molar-refractivity contribution in [1.82, 2.24) is 4.98 Å². The molecule has 0 fully saturated rings. The van der Waals surface area contributed by atoms with Crippen LogP contribution in [0.5, 0.6) is 0 Å². The summed E-state index contributed by atoms with van der Waals surface area (Å²) in [5.74, 6) is -0.0366. The summed E-state index contributed by atoms with van der Waals surface area (Å²) in [6.45, 7) is 0. The molecular weight excluding hydrogens is 246 g/mol. The number of hydrogen-bond acceptors (Lipinski definition) is 3. The van der Waals surface area contributed by atoms with E-state index < -0.39 is 9.05 Å². The van der Waals surface area contributed by atoms with Gasteiger partial charge in [-0.05, 0) is 23.4 Å². The van der Waals surface area contributed by atoms with Crippen LogP contribution in [-0.2, 0) is 15.5 Å². The van der Waals surface area contributed by atoms with Gasteiger partial charge < -0.3 is 0 Å². The fraction of sp³-hybridized carbons (Fsp3) is 0.182. The van der Waals surface area contributed by atoms with Crippen molar-refractivity contribution in [3.05, 3.63) is 42.2 Å². The molecule has 0 aliphatic rings. The SMILES string of the molecule is O=S(=O)(Cl)CCc1ccc2cnccc2c1. The molecule has 0 aliphatic carbocycles. The first-order valence-electron chi connectivity index (χ1n) is 4.79. The Labute approximate surface area is 98.5 Å². The normalized spacial score (nSPS) is 11.8. The molecule has 0 atom stereocenters. The number of fused-ring (bicyclic) bond motifs is 1. The van der Waals surface area contributed by atoms with Gasteiger partial charge in [0, 0.05) is 28.5 Å². The van der Waals surface area contributed by atoms with Crippen LogP contribution in [0.4, 0.5) is 0 Å². The molecule has 2 rings (SSSR count). The summed E-state index contributed by atoms with van der Waals surface area (Å²) in [6, 6.07) is 7.68. The summed E-state index contributed by atoms with van der Waals surface area (Å²) in [4.78, 5) is 4.01. The Bertz CT molecular complexity index is 610. The zero-order valence-corrected chi connectivity index (χ0v) is 10.0. The van der Waals surface area contributed by atoms with Crippen molar-refractivity contribution in [1.29, 1.82) is 0 Å². The molecule has 0 saturated heterocycles. The first-order valence-corrected chi connectivity index (χ1v) is 7.27. The number of halogens is 1. The molecule has 2 aromatic rings. The highest BCUT2D eigenvalue weighted by Crippen LogP contribution is 2.15. The minimum absolute atomic E-state index is 0.0366. The summed E-state index contributed by atoms with van der Waals surface area (Å²) in [5, 5.41) is 2.10. The number of hydrogen-bond donors (Lipinski definition) is 0. The number of pyridine rings is 1. The average molecular weight is 256 g/mol. The van der Waals surface area contributed by atoms with E-state index in [1.165, 1.54) is 0 Å². The Kier molecular flexibility index (Phi) is 3.12. The van der Waals surface area contributed by atoms with Crippen molar-refractivity contribution in [3.63, 3.8) is 0 Å². The fourth-order valence-electron chi connectivity index (χ4n) is 1.53. The molecule has 1 aromatic heterocycles. The molecule has 3 nitrogen and oxygen atoms in total. The molecule has 16 heavy (non-hydrogen) atoms. The van der Waals surface area contributed by atoms with Gasteiger partial charge >= 0.3 is 0 Å². The quantitative estimate of drug-likeness (QED) is 0.791. The monoisotopic (exact) mass is 255 g/mol. The third-order valence-corrected chi connectivity index (χ3v) is 3.49. The van der Waals surface area contributed by atoms with Gasteiger partial charge in [0.05, 0.1) is 5.75 Å². The second-order valence-corrected chi connectivity index (χ2v) is 6.45. The van der Waals surface area contributed by atoms with E-state index in [0.717, 1.165) is 16.3 Å². The van der Waals surface area contributed by atoms with Crippen LogP contribution in [0.25, 0.3) is 10.8 Å². The van der Waals surface area contributed by atoms with Gasteiger partial charge in [-0.15, -0.1) is 0 Å². The largest absolute Gasteiger partial charge is 0.264 e. The lowest BCUT2D eigenvalue weighted by atomic mass is 10.1. The number of aromatic nitrogens is 1. The molecule has 0 aliphatic heterocycles. The van der Waals surface area contributed by atoms with E-state index in [2.05, 4.69) is 4.98 Å². The van der Waals surface area contributed by atoms with Crippen molar-refractivity contribution in [2.24, 2.45) is 0 Å². The molecule has 0 unspecified atom stereocenters. The van der Waals surface area contributed by atoms with Crippen LogP contribution >= 0.6 is 10.7 Å². The third-order valence-electron chi connectivity index (χ3n) is 2.34. The highest BCUT2D eigenvalue weighted by molar-refractivity contribution is 8.13. The zero-order valence-electron chi connectivity index (χ0n) is 8.43. The molecule has 0 radical (unpaired) electrons. The second kappa shape index (κ2) is 4.39. The maximum absolute atomic E-state index is 10.8. The van der Waals surface area contributed by atoms with Crippen LogP contribution < -0.4 is 0 Å². The van der Waals surface area contributed by atoms with E-state index >= 15 is 0 Å². The van der Waals surface area contributed by atoms with Crippen molar-refractivity contribution in [2.45, 2.75) is 6.42 Å². The van der Waals surface area contributed by atoms with E-state index in [4.69, 9.17) is 10.7 Å². The van der Waals surface area contributed by atoms with Gasteiger partial charge in [-0.25, -0.2) is 8.42 Å². The minimum Gasteiger partial charge on any atom is -0.264 e. The van der Waals surface area contributed by atoms with Crippen LogP contribution in [0.2, 0.25) is 0 Å². The van der Waals surface area contributed by atoms with Crippen LogP contribution in [-0.4, -0.2) is 19.2 Å². The van der Waals surface area contributed by atoms with Crippen molar-refractivity contribution >= 4 is 30.5 Å². The molecule has 5 heteroatoms. The Morgan fingerprint density at radius 1 is 1.19 bits per heavy atom. The second-order valence-electron chi connectivity index (χ2n) is 3.55. The summed E-state index contributed by atoms with van der Waals surface area (Å²) < 4.78 is 21.6. The Hall–Kier alpha value is -1.13. The van der Waals surface area contributed by atoms with E-state index in [0.29, 0.717) is 6.42 Å². The molecule has 0 bridgehead atoms. The summed E-state index contributed by atoms with van der Waals surface area (Å²) in [6.07, 6.45) is 3.92. The van der Waals surface area contributed by atoms with E-state index in [-0.39, 0.29) is 5.75 Å². The smallest absolute Gasteiger partial charge is 0.232 e. The first kappa shape index (κ1) is 11.4. The number of nitrogens with zero attached hydrogens (tertiary/aromatic N) is 1. The van der Waals surface area contributed by atoms with Crippen molar-refractivity contribution < 1.29 is 8.42 Å². The number of rotatable bonds is 3. The van der Waals surface area contributed by atoms with Crippen LogP contribution in [0.1, 0.15) is 5.56 Å². The maximum atomic E-state index is 10.8. The van der Waals surface area contributed by atoms with E-state index in [1.54, 1.807) is 12.4 Å². The minimum atomic E-state index is -3.42. The lowest BCUT2D eigenvalue weighted by Crippen LogP contribution is -2.00. The van der Waals surface area contributed by atoms with E-state index in [1.807, 2.05) is 24.3 Å². The first-order chi connectivity index (χ1) is 7.54. The van der Waals surface area contributed by atoms with E-state index in [9.17, 15) is 8.42 Å². The Balaban J connectivity index is 2.26. The van der Waals surface area contributed by atoms with Gasteiger partial charge in [-0.3, -0.25) is 4.98 Å². The van der Waals surface area contributed by atoms with Gasteiger partial charge in [-0.2, -0.15) is 0 Å². The number of aryl methyl sites for hydroxylation is 1. The topological polar surface area (TPSA) is 47.0 Å². The van der Waals surface area contributed by atoms with Gasteiger partial charge in [0.15, 0.2) is 0 Å². The summed E-state index contributed by atoms with van der Waals surface area (Å²) >= 11 is 0. The highest BCUT2D eigenvalue weighted by atomic mass is 35.7. The van der Waals surface area contributed by atoms with Crippen molar-refractivity contribution in [3.8, 4) is 0 Å². The molecule has 0 amide bonds. The summed E-state index contributed by atoms with van der Waals surface area (Å²) in [5.41, 5.74) is 0.961. The Morgan fingerprint density at radius 2 is 2.00 bits per heavy atom. The lowest BCUT2D eigenvalue weighted by molar-refractivity contribution is 0.609. The van der Waals surface area contributed by atoms with Gasteiger partial charge in [0.2, 0.25) is 9.05 Å². The highest BCUT2D eigenvalue weighted by Gasteiger charge is 2.05.